The molecule has 0 saturated carbocycles. The SMILES string of the molecule is CC(C)NCCCn1cc(Br)cc(Br)c1=O. The molecular formula is C11H16Br2N2O. The topological polar surface area (TPSA) is 34.0 Å². The molecule has 0 aliphatic heterocycles. The quantitative estimate of drug-likeness (QED) is 0.827. The van der Waals surface area contributed by atoms with E-state index in [1.165, 1.54) is 0 Å². The van der Waals surface area contributed by atoms with Crippen molar-refractivity contribution in [3.8, 4) is 0 Å². The molecule has 0 aliphatic carbocycles. The van der Waals surface area contributed by atoms with Crippen molar-refractivity contribution in [3.63, 3.8) is 0 Å². The standard InChI is InChI=1S/C11H16Br2N2O/c1-8(2)14-4-3-5-15-7-9(12)6-10(13)11(15)16/h6-8,14H,3-5H2,1-2H3. The first kappa shape index (κ1) is 13.9. The number of halogens is 2. The zero-order valence-corrected chi connectivity index (χ0v) is 12.6. The van der Waals surface area contributed by atoms with Crippen LogP contribution in [0.2, 0.25) is 0 Å². The molecule has 0 unspecified atom stereocenters. The number of aryl methyl sites for hydroxylation is 1. The van der Waals surface area contributed by atoms with Crippen molar-refractivity contribution in [1.29, 1.82) is 0 Å². The molecule has 0 amide bonds. The molecular weight excluding hydrogens is 336 g/mol. The first-order valence-electron chi connectivity index (χ1n) is 5.29. The lowest BCUT2D eigenvalue weighted by Crippen LogP contribution is -2.26. The van der Waals surface area contributed by atoms with Crippen LogP contribution < -0.4 is 10.9 Å². The van der Waals surface area contributed by atoms with Gasteiger partial charge in [-0.1, -0.05) is 13.8 Å². The van der Waals surface area contributed by atoms with E-state index in [0.29, 0.717) is 10.5 Å². The van der Waals surface area contributed by atoms with Crippen molar-refractivity contribution in [2.75, 3.05) is 6.54 Å². The van der Waals surface area contributed by atoms with Crippen LogP contribution in [0.4, 0.5) is 0 Å². The minimum atomic E-state index is 0.0211. The van der Waals surface area contributed by atoms with Gasteiger partial charge in [0.05, 0.1) is 4.47 Å². The van der Waals surface area contributed by atoms with Gasteiger partial charge >= 0.3 is 0 Å². The van der Waals surface area contributed by atoms with Crippen molar-refractivity contribution in [3.05, 3.63) is 31.6 Å². The summed E-state index contributed by atoms with van der Waals surface area (Å²) >= 11 is 6.62. The Bertz CT molecular complexity index is 401. The second-order valence-corrected chi connectivity index (χ2v) is 5.74. The molecule has 1 rings (SSSR count). The number of hydrogen-bond acceptors (Lipinski definition) is 2. The summed E-state index contributed by atoms with van der Waals surface area (Å²) in [6.45, 7) is 5.88. The summed E-state index contributed by atoms with van der Waals surface area (Å²) in [5.74, 6) is 0. The van der Waals surface area contributed by atoms with Gasteiger partial charge in [0.15, 0.2) is 0 Å². The normalized spacial score (nSPS) is 11.1. The molecule has 0 radical (unpaired) electrons. The number of aromatic nitrogens is 1. The number of hydrogen-bond donors (Lipinski definition) is 1. The van der Waals surface area contributed by atoms with Crippen molar-refractivity contribution >= 4 is 31.9 Å². The number of nitrogens with zero attached hydrogens (tertiary/aromatic N) is 1. The van der Waals surface area contributed by atoms with Crippen LogP contribution in [-0.4, -0.2) is 17.2 Å². The average Bonchev–Trinajstić information content (AvgIpc) is 2.19. The first-order valence-corrected chi connectivity index (χ1v) is 6.88. The van der Waals surface area contributed by atoms with E-state index in [2.05, 4.69) is 51.0 Å². The first-order chi connectivity index (χ1) is 7.50. The van der Waals surface area contributed by atoms with E-state index in [1.807, 2.05) is 6.20 Å². The van der Waals surface area contributed by atoms with E-state index < -0.39 is 0 Å². The lowest BCUT2D eigenvalue weighted by atomic mass is 10.3. The summed E-state index contributed by atoms with van der Waals surface area (Å²) < 4.78 is 3.23. The van der Waals surface area contributed by atoms with Crippen LogP contribution in [0.15, 0.2) is 26.0 Å². The lowest BCUT2D eigenvalue weighted by Gasteiger charge is -2.09. The largest absolute Gasteiger partial charge is 0.314 e. The maximum Gasteiger partial charge on any atom is 0.264 e. The summed E-state index contributed by atoms with van der Waals surface area (Å²) in [5.41, 5.74) is 0.0211. The Kier molecular flexibility index (Phi) is 5.72. The highest BCUT2D eigenvalue weighted by Gasteiger charge is 2.02. The molecule has 0 bridgehead atoms. The van der Waals surface area contributed by atoms with E-state index in [1.54, 1.807) is 10.6 Å². The molecule has 3 nitrogen and oxygen atoms in total. The van der Waals surface area contributed by atoms with Crippen LogP contribution in [0.5, 0.6) is 0 Å². The van der Waals surface area contributed by atoms with Crippen LogP contribution in [0.25, 0.3) is 0 Å². The summed E-state index contributed by atoms with van der Waals surface area (Å²) in [5, 5.41) is 3.33. The van der Waals surface area contributed by atoms with Crippen LogP contribution in [0.3, 0.4) is 0 Å². The van der Waals surface area contributed by atoms with Crippen LogP contribution >= 0.6 is 31.9 Å². The van der Waals surface area contributed by atoms with Gasteiger partial charge < -0.3 is 9.88 Å². The van der Waals surface area contributed by atoms with Crippen molar-refractivity contribution in [1.82, 2.24) is 9.88 Å². The van der Waals surface area contributed by atoms with Gasteiger partial charge in [-0.2, -0.15) is 0 Å². The third kappa shape index (κ3) is 4.39. The average molecular weight is 352 g/mol. The molecule has 5 heteroatoms. The Morgan fingerprint density at radius 1 is 1.44 bits per heavy atom. The Balaban J connectivity index is 2.57. The van der Waals surface area contributed by atoms with Gasteiger partial charge in [0, 0.05) is 23.3 Å². The molecule has 1 aromatic heterocycles. The number of pyridine rings is 1. The molecule has 0 saturated heterocycles. The van der Waals surface area contributed by atoms with Gasteiger partial charge in [0.25, 0.3) is 5.56 Å². The third-order valence-electron chi connectivity index (χ3n) is 2.14. The second kappa shape index (κ2) is 6.57. The number of nitrogens with one attached hydrogen (secondary N) is 1. The van der Waals surface area contributed by atoms with Crippen molar-refractivity contribution in [2.24, 2.45) is 0 Å². The second-order valence-electron chi connectivity index (χ2n) is 3.97. The highest BCUT2D eigenvalue weighted by atomic mass is 79.9. The Labute approximate surface area is 112 Å². The Morgan fingerprint density at radius 2 is 2.12 bits per heavy atom. The van der Waals surface area contributed by atoms with E-state index >= 15 is 0 Å². The smallest absolute Gasteiger partial charge is 0.264 e. The van der Waals surface area contributed by atoms with Gasteiger partial charge in [0.1, 0.15) is 0 Å². The molecule has 0 fully saturated rings. The molecule has 1 heterocycles. The molecule has 1 N–H and O–H groups in total. The van der Waals surface area contributed by atoms with Gasteiger partial charge in [-0.3, -0.25) is 4.79 Å². The summed E-state index contributed by atoms with van der Waals surface area (Å²) in [6, 6.07) is 2.26. The van der Waals surface area contributed by atoms with Crippen LogP contribution in [0.1, 0.15) is 20.3 Å². The monoisotopic (exact) mass is 350 g/mol. The van der Waals surface area contributed by atoms with Crippen LogP contribution in [0, 0.1) is 0 Å². The lowest BCUT2D eigenvalue weighted by molar-refractivity contribution is 0.529. The van der Waals surface area contributed by atoms with Gasteiger partial charge in [-0.25, -0.2) is 0 Å². The van der Waals surface area contributed by atoms with E-state index in [-0.39, 0.29) is 5.56 Å². The minimum absolute atomic E-state index is 0.0211. The van der Waals surface area contributed by atoms with Crippen LogP contribution in [-0.2, 0) is 6.54 Å². The fourth-order valence-corrected chi connectivity index (χ4v) is 2.63. The summed E-state index contributed by atoms with van der Waals surface area (Å²) in [6.07, 6.45) is 2.77. The molecule has 0 aromatic carbocycles. The summed E-state index contributed by atoms with van der Waals surface area (Å²) in [4.78, 5) is 11.7. The highest BCUT2D eigenvalue weighted by molar-refractivity contribution is 9.11. The van der Waals surface area contributed by atoms with Crippen molar-refractivity contribution < 1.29 is 0 Å². The highest BCUT2D eigenvalue weighted by Crippen LogP contribution is 2.12. The minimum Gasteiger partial charge on any atom is -0.314 e. The Hall–Kier alpha value is -0.130. The molecule has 1 aromatic rings. The van der Waals surface area contributed by atoms with Crippen molar-refractivity contribution in [2.45, 2.75) is 32.9 Å². The van der Waals surface area contributed by atoms with Gasteiger partial charge in [0.2, 0.25) is 0 Å². The molecule has 0 spiro atoms. The zero-order chi connectivity index (χ0) is 12.1. The fraction of sp³-hybridized carbons (Fsp3) is 0.545. The van der Waals surface area contributed by atoms with Gasteiger partial charge in [-0.05, 0) is 50.9 Å². The maximum absolute atomic E-state index is 11.7. The third-order valence-corrected chi connectivity index (χ3v) is 3.14. The maximum atomic E-state index is 11.7. The summed E-state index contributed by atoms with van der Waals surface area (Å²) in [7, 11) is 0. The predicted octanol–water partition coefficient (Wildman–Crippen LogP) is 2.76. The van der Waals surface area contributed by atoms with E-state index in [9.17, 15) is 4.79 Å². The zero-order valence-electron chi connectivity index (χ0n) is 9.46. The molecule has 0 atom stereocenters. The molecule has 90 valence electrons. The van der Waals surface area contributed by atoms with E-state index in [4.69, 9.17) is 0 Å². The van der Waals surface area contributed by atoms with E-state index in [0.717, 1.165) is 24.0 Å². The number of rotatable bonds is 5. The molecule has 0 aliphatic rings. The Morgan fingerprint density at radius 3 is 2.75 bits per heavy atom. The van der Waals surface area contributed by atoms with Gasteiger partial charge in [-0.15, -0.1) is 0 Å². The predicted molar refractivity (Wildman–Crippen MR) is 73.9 cm³/mol. The fourth-order valence-electron chi connectivity index (χ4n) is 1.37. The molecule has 16 heavy (non-hydrogen) atoms.